The number of para-hydroxylation sites is 1. The molecule has 1 heterocycles. The van der Waals surface area contributed by atoms with Crippen LogP contribution < -0.4 is 5.73 Å². The summed E-state index contributed by atoms with van der Waals surface area (Å²) in [6.45, 7) is 0. The highest BCUT2D eigenvalue weighted by Gasteiger charge is 2.05. The van der Waals surface area contributed by atoms with Crippen LogP contribution in [-0.4, -0.2) is 9.97 Å². The van der Waals surface area contributed by atoms with Gasteiger partial charge in [-0.2, -0.15) is 5.26 Å². The van der Waals surface area contributed by atoms with E-state index in [0.717, 1.165) is 10.9 Å². The summed E-state index contributed by atoms with van der Waals surface area (Å²) < 4.78 is 0. The molecule has 1 aromatic carbocycles. The second-order valence-corrected chi connectivity index (χ2v) is 4.39. The highest BCUT2D eigenvalue weighted by atomic mass is 35.5. The number of nitrogens with zero attached hydrogens (tertiary/aromatic N) is 2. The fourth-order valence-electron chi connectivity index (χ4n) is 1.52. The number of hydrogen-bond acceptors (Lipinski definition) is 3. The molecule has 1 aromatic heterocycles. The highest BCUT2D eigenvalue weighted by molar-refractivity contribution is 7.80. The van der Waals surface area contributed by atoms with Crippen LogP contribution in [0.3, 0.4) is 0 Å². The van der Waals surface area contributed by atoms with Crippen LogP contribution in [0.5, 0.6) is 0 Å². The van der Waals surface area contributed by atoms with E-state index in [1.165, 1.54) is 0 Å². The van der Waals surface area contributed by atoms with Crippen molar-refractivity contribution in [2.45, 2.75) is 0 Å². The van der Waals surface area contributed by atoms with Crippen molar-refractivity contribution >= 4 is 45.8 Å². The largest absolute Gasteiger partial charge is 0.389 e. The lowest BCUT2D eigenvalue weighted by Gasteiger charge is -2.02. The average Bonchev–Trinajstić information content (AvgIpc) is 2.35. The van der Waals surface area contributed by atoms with Gasteiger partial charge in [0.15, 0.2) is 0 Å². The molecule has 0 amide bonds. The first-order valence-corrected chi connectivity index (χ1v) is 5.87. The molecule has 0 fully saturated rings. The fourth-order valence-corrected chi connectivity index (χ4v) is 1.83. The molecule has 0 radical (unpaired) electrons. The number of hydrogen-bond donors (Lipinski definition) is 1. The van der Waals surface area contributed by atoms with Crippen LogP contribution in [0.1, 0.15) is 5.56 Å². The molecule has 0 spiro atoms. The molecule has 18 heavy (non-hydrogen) atoms. The van der Waals surface area contributed by atoms with Gasteiger partial charge in [-0.3, -0.25) is 0 Å². The lowest BCUT2D eigenvalue weighted by molar-refractivity contribution is 1.39. The van der Waals surface area contributed by atoms with Crippen molar-refractivity contribution in [1.82, 2.24) is 4.98 Å². The summed E-state index contributed by atoms with van der Waals surface area (Å²) in [5.41, 5.74) is 7.07. The predicted octanol–water partition coefficient (Wildman–Crippen LogP) is 3.08. The summed E-state index contributed by atoms with van der Waals surface area (Å²) in [4.78, 5) is 4.29. The second kappa shape index (κ2) is 5.13. The van der Waals surface area contributed by atoms with E-state index < -0.39 is 0 Å². The number of nitrogens with two attached hydrogens (primary N) is 1. The lowest BCUT2D eigenvalue weighted by atomic mass is 10.1. The number of aromatic nitrogens is 1. The standard InChI is InChI=1S/C13H8ClN3S/c14-12-9(6-10(7-15)13(16)18)5-8-3-1-2-4-11(8)17-12/h1-6H,(H2,16,18). The van der Waals surface area contributed by atoms with Crippen LogP contribution in [0.2, 0.25) is 5.15 Å². The zero-order valence-corrected chi connectivity index (χ0v) is 10.8. The normalized spacial score (nSPS) is 11.2. The maximum Gasteiger partial charge on any atom is 0.137 e. The van der Waals surface area contributed by atoms with E-state index >= 15 is 0 Å². The van der Waals surface area contributed by atoms with Crippen molar-refractivity contribution in [1.29, 1.82) is 5.26 Å². The van der Waals surface area contributed by atoms with Crippen LogP contribution in [0.25, 0.3) is 17.0 Å². The molecule has 2 rings (SSSR count). The Morgan fingerprint density at radius 3 is 2.83 bits per heavy atom. The molecule has 2 N–H and O–H groups in total. The van der Waals surface area contributed by atoms with E-state index in [2.05, 4.69) is 4.98 Å². The van der Waals surface area contributed by atoms with E-state index in [1.807, 2.05) is 36.4 Å². The first kappa shape index (κ1) is 12.5. The summed E-state index contributed by atoms with van der Waals surface area (Å²) in [5.74, 6) is 0. The first-order chi connectivity index (χ1) is 8.61. The summed E-state index contributed by atoms with van der Waals surface area (Å²) in [6.07, 6.45) is 1.55. The van der Waals surface area contributed by atoms with Gasteiger partial charge in [0.2, 0.25) is 0 Å². The van der Waals surface area contributed by atoms with Gasteiger partial charge >= 0.3 is 0 Å². The van der Waals surface area contributed by atoms with Crippen LogP contribution >= 0.6 is 23.8 Å². The molecular weight excluding hydrogens is 266 g/mol. The van der Waals surface area contributed by atoms with Crippen LogP contribution in [-0.2, 0) is 0 Å². The third kappa shape index (κ3) is 2.48. The Hall–Kier alpha value is -1.96. The van der Waals surface area contributed by atoms with E-state index in [-0.39, 0.29) is 10.6 Å². The van der Waals surface area contributed by atoms with E-state index in [0.29, 0.717) is 10.7 Å². The summed E-state index contributed by atoms with van der Waals surface area (Å²) >= 11 is 10.8. The van der Waals surface area contributed by atoms with E-state index in [4.69, 9.17) is 34.8 Å². The number of fused-ring (bicyclic) bond motifs is 1. The van der Waals surface area contributed by atoms with E-state index in [1.54, 1.807) is 6.08 Å². The topological polar surface area (TPSA) is 62.7 Å². The molecule has 0 bridgehead atoms. The van der Waals surface area contributed by atoms with Gasteiger partial charge in [0.1, 0.15) is 16.2 Å². The number of pyridine rings is 1. The monoisotopic (exact) mass is 273 g/mol. The Bertz CT molecular complexity index is 701. The van der Waals surface area contributed by atoms with Gasteiger partial charge in [-0.15, -0.1) is 0 Å². The Labute approximate surface area is 114 Å². The molecule has 0 aliphatic heterocycles. The molecule has 0 saturated heterocycles. The molecule has 3 nitrogen and oxygen atoms in total. The molecule has 0 saturated carbocycles. The van der Waals surface area contributed by atoms with Crippen LogP contribution in [0.4, 0.5) is 0 Å². The minimum atomic E-state index is 0.0433. The van der Waals surface area contributed by atoms with Gasteiger partial charge in [0.05, 0.1) is 11.1 Å². The maximum absolute atomic E-state index is 8.91. The van der Waals surface area contributed by atoms with Crippen molar-refractivity contribution < 1.29 is 0 Å². The highest BCUT2D eigenvalue weighted by Crippen LogP contribution is 2.22. The van der Waals surface area contributed by atoms with Gasteiger partial charge in [-0.25, -0.2) is 4.98 Å². The smallest absolute Gasteiger partial charge is 0.137 e. The first-order valence-electron chi connectivity index (χ1n) is 5.08. The minimum absolute atomic E-state index is 0.0433. The molecule has 5 heteroatoms. The molecule has 0 aliphatic carbocycles. The van der Waals surface area contributed by atoms with Gasteiger partial charge in [0.25, 0.3) is 0 Å². The number of nitriles is 1. The van der Waals surface area contributed by atoms with Crippen LogP contribution in [0.15, 0.2) is 35.9 Å². The third-order valence-electron chi connectivity index (χ3n) is 2.39. The Balaban J connectivity index is 2.62. The quantitative estimate of drug-likeness (QED) is 0.395. The lowest BCUT2D eigenvalue weighted by Crippen LogP contribution is -2.09. The van der Waals surface area contributed by atoms with Crippen molar-refractivity contribution in [2.24, 2.45) is 5.73 Å². The molecule has 88 valence electrons. The fraction of sp³-hybridized carbons (Fsp3) is 0. The van der Waals surface area contributed by atoms with Crippen molar-refractivity contribution in [2.75, 3.05) is 0 Å². The summed E-state index contributed by atoms with van der Waals surface area (Å²) in [7, 11) is 0. The SMILES string of the molecule is N#CC(=Cc1cc2ccccc2nc1Cl)C(N)=S. The van der Waals surface area contributed by atoms with Gasteiger partial charge < -0.3 is 5.73 Å². The Kier molecular flexibility index (Phi) is 3.56. The van der Waals surface area contributed by atoms with Crippen molar-refractivity contribution in [3.63, 3.8) is 0 Å². The number of halogens is 1. The third-order valence-corrected chi connectivity index (χ3v) is 2.91. The minimum Gasteiger partial charge on any atom is -0.389 e. The van der Waals surface area contributed by atoms with Gasteiger partial charge in [0, 0.05) is 10.9 Å². The van der Waals surface area contributed by atoms with Crippen LogP contribution in [0, 0.1) is 11.3 Å². The zero-order chi connectivity index (χ0) is 13.1. The predicted molar refractivity (Wildman–Crippen MR) is 77.1 cm³/mol. The zero-order valence-electron chi connectivity index (χ0n) is 9.22. The molecule has 0 aliphatic rings. The molecular formula is C13H8ClN3S. The van der Waals surface area contributed by atoms with Gasteiger partial charge in [-0.1, -0.05) is 42.0 Å². The number of benzene rings is 1. The summed E-state index contributed by atoms with van der Waals surface area (Å²) in [6, 6.07) is 11.4. The molecule has 2 aromatic rings. The maximum atomic E-state index is 8.91. The second-order valence-electron chi connectivity index (χ2n) is 3.60. The molecule has 0 atom stereocenters. The van der Waals surface area contributed by atoms with Gasteiger partial charge in [-0.05, 0) is 18.2 Å². The number of thiocarbonyl (C=S) groups is 1. The summed E-state index contributed by atoms with van der Waals surface area (Å²) in [5, 5.41) is 10.2. The number of rotatable bonds is 2. The van der Waals surface area contributed by atoms with Crippen molar-refractivity contribution in [3.05, 3.63) is 46.6 Å². The van der Waals surface area contributed by atoms with E-state index in [9.17, 15) is 0 Å². The molecule has 0 unspecified atom stereocenters. The average molecular weight is 274 g/mol. The Morgan fingerprint density at radius 2 is 2.17 bits per heavy atom. The van der Waals surface area contributed by atoms with Crippen molar-refractivity contribution in [3.8, 4) is 6.07 Å². The Morgan fingerprint density at radius 1 is 1.44 bits per heavy atom.